The normalized spacial score (nSPS) is 17.4. The molecule has 1 saturated carbocycles. The lowest BCUT2D eigenvalue weighted by molar-refractivity contribution is 0.164. The Morgan fingerprint density at radius 2 is 2.15 bits per heavy atom. The SMILES string of the molecule is COCCN(C(C)C1CC1)S(=O)(=O)c1cccc(N)c1. The molecule has 0 saturated heterocycles. The van der Waals surface area contributed by atoms with E-state index in [0.717, 1.165) is 12.8 Å². The van der Waals surface area contributed by atoms with E-state index in [4.69, 9.17) is 10.5 Å². The van der Waals surface area contributed by atoms with Crippen molar-refractivity contribution in [1.82, 2.24) is 4.31 Å². The summed E-state index contributed by atoms with van der Waals surface area (Å²) in [6.45, 7) is 2.72. The van der Waals surface area contributed by atoms with Gasteiger partial charge >= 0.3 is 0 Å². The molecule has 112 valence electrons. The van der Waals surface area contributed by atoms with Gasteiger partial charge in [-0.2, -0.15) is 4.31 Å². The predicted octanol–water partition coefficient (Wildman–Crippen LogP) is 1.70. The third kappa shape index (κ3) is 3.31. The highest BCUT2D eigenvalue weighted by molar-refractivity contribution is 7.89. The number of nitrogens with zero attached hydrogens (tertiary/aromatic N) is 1. The molecule has 20 heavy (non-hydrogen) atoms. The lowest BCUT2D eigenvalue weighted by Gasteiger charge is -2.28. The zero-order valence-corrected chi connectivity index (χ0v) is 12.8. The van der Waals surface area contributed by atoms with Gasteiger partial charge in [-0.05, 0) is 43.9 Å². The second-order valence-corrected chi connectivity index (χ2v) is 7.15. The van der Waals surface area contributed by atoms with Crippen molar-refractivity contribution in [3.63, 3.8) is 0 Å². The predicted molar refractivity (Wildman–Crippen MR) is 78.8 cm³/mol. The topological polar surface area (TPSA) is 72.6 Å². The van der Waals surface area contributed by atoms with Gasteiger partial charge in [-0.3, -0.25) is 0 Å². The Balaban J connectivity index is 2.30. The van der Waals surface area contributed by atoms with Gasteiger partial charge in [0.05, 0.1) is 11.5 Å². The van der Waals surface area contributed by atoms with Crippen molar-refractivity contribution in [1.29, 1.82) is 0 Å². The summed E-state index contributed by atoms with van der Waals surface area (Å²) in [4.78, 5) is 0.251. The van der Waals surface area contributed by atoms with Crippen LogP contribution in [0.25, 0.3) is 0 Å². The maximum atomic E-state index is 12.8. The fraction of sp³-hybridized carbons (Fsp3) is 0.571. The van der Waals surface area contributed by atoms with Crippen LogP contribution in [0, 0.1) is 5.92 Å². The number of ether oxygens (including phenoxy) is 1. The summed E-state index contributed by atoms with van der Waals surface area (Å²) in [7, 11) is -1.95. The number of benzene rings is 1. The van der Waals surface area contributed by atoms with Gasteiger partial charge in [-0.1, -0.05) is 6.07 Å². The summed E-state index contributed by atoms with van der Waals surface area (Å²) in [5.41, 5.74) is 6.15. The summed E-state index contributed by atoms with van der Waals surface area (Å²) < 4.78 is 32.1. The molecule has 1 aromatic rings. The van der Waals surface area contributed by atoms with Crippen LogP contribution in [0.4, 0.5) is 5.69 Å². The molecule has 0 aliphatic heterocycles. The molecule has 1 unspecified atom stereocenters. The Hall–Kier alpha value is -1.11. The van der Waals surface area contributed by atoms with Crippen LogP contribution in [0.2, 0.25) is 0 Å². The molecule has 0 radical (unpaired) electrons. The van der Waals surface area contributed by atoms with E-state index in [9.17, 15) is 8.42 Å². The van der Waals surface area contributed by atoms with Crippen LogP contribution in [0.3, 0.4) is 0 Å². The standard InChI is InChI=1S/C14H22N2O3S/c1-11(12-6-7-12)16(8-9-19-2)20(17,18)14-5-3-4-13(15)10-14/h3-5,10-12H,6-9,15H2,1-2H3. The van der Waals surface area contributed by atoms with E-state index in [1.54, 1.807) is 29.6 Å². The van der Waals surface area contributed by atoms with Gasteiger partial charge in [-0.15, -0.1) is 0 Å². The quantitative estimate of drug-likeness (QED) is 0.778. The number of sulfonamides is 1. The minimum atomic E-state index is -3.53. The largest absolute Gasteiger partial charge is 0.399 e. The van der Waals surface area contributed by atoms with Gasteiger partial charge in [-0.25, -0.2) is 8.42 Å². The molecule has 0 aromatic heterocycles. The molecule has 0 amide bonds. The van der Waals surface area contributed by atoms with Crippen LogP contribution in [0.15, 0.2) is 29.2 Å². The average molecular weight is 298 g/mol. The molecule has 1 aromatic carbocycles. The molecule has 2 N–H and O–H groups in total. The van der Waals surface area contributed by atoms with Crippen molar-refractivity contribution in [2.24, 2.45) is 5.92 Å². The minimum Gasteiger partial charge on any atom is -0.399 e. The minimum absolute atomic E-state index is 0.00317. The summed E-state index contributed by atoms with van der Waals surface area (Å²) in [6.07, 6.45) is 2.19. The van der Waals surface area contributed by atoms with Gasteiger partial charge in [0, 0.05) is 25.4 Å². The zero-order chi connectivity index (χ0) is 14.8. The molecular weight excluding hydrogens is 276 g/mol. The van der Waals surface area contributed by atoms with Crippen LogP contribution in [0.1, 0.15) is 19.8 Å². The number of nitrogens with two attached hydrogens (primary N) is 1. The maximum absolute atomic E-state index is 12.8. The van der Waals surface area contributed by atoms with Crippen LogP contribution < -0.4 is 5.73 Å². The molecule has 6 heteroatoms. The van der Waals surface area contributed by atoms with Gasteiger partial charge < -0.3 is 10.5 Å². The van der Waals surface area contributed by atoms with Gasteiger partial charge in [0.2, 0.25) is 10.0 Å². The molecule has 2 rings (SSSR count). The van der Waals surface area contributed by atoms with E-state index in [-0.39, 0.29) is 10.9 Å². The highest BCUT2D eigenvalue weighted by Crippen LogP contribution is 2.37. The van der Waals surface area contributed by atoms with Gasteiger partial charge in [0.25, 0.3) is 0 Å². The summed E-state index contributed by atoms with van der Waals surface area (Å²) in [5.74, 6) is 0.461. The van der Waals surface area contributed by atoms with E-state index < -0.39 is 10.0 Å². The lowest BCUT2D eigenvalue weighted by Crippen LogP contribution is -2.41. The van der Waals surface area contributed by atoms with E-state index in [1.165, 1.54) is 6.07 Å². The molecule has 1 aliphatic rings. The Bertz CT molecular complexity index is 555. The third-order valence-electron chi connectivity index (χ3n) is 3.74. The fourth-order valence-electron chi connectivity index (χ4n) is 2.35. The fourth-order valence-corrected chi connectivity index (χ4v) is 4.08. The highest BCUT2D eigenvalue weighted by atomic mass is 32.2. The monoisotopic (exact) mass is 298 g/mol. The van der Waals surface area contributed by atoms with Crippen LogP contribution >= 0.6 is 0 Å². The van der Waals surface area contributed by atoms with E-state index >= 15 is 0 Å². The third-order valence-corrected chi connectivity index (χ3v) is 5.72. The van der Waals surface area contributed by atoms with Gasteiger partial charge in [0.15, 0.2) is 0 Å². The molecule has 0 heterocycles. The second-order valence-electron chi connectivity index (χ2n) is 5.26. The summed E-state index contributed by atoms with van der Waals surface area (Å²) in [5, 5.41) is 0. The molecular formula is C14H22N2O3S. The van der Waals surface area contributed by atoms with Crippen molar-refractivity contribution in [2.45, 2.75) is 30.7 Å². The van der Waals surface area contributed by atoms with Crippen molar-refractivity contribution in [2.75, 3.05) is 26.0 Å². The molecule has 5 nitrogen and oxygen atoms in total. The average Bonchev–Trinajstić information content (AvgIpc) is 3.23. The number of nitrogen functional groups attached to an aromatic ring is 1. The van der Waals surface area contributed by atoms with E-state index in [2.05, 4.69) is 0 Å². The van der Waals surface area contributed by atoms with Crippen molar-refractivity contribution >= 4 is 15.7 Å². The number of hydrogen-bond donors (Lipinski definition) is 1. The molecule has 1 atom stereocenters. The first-order chi connectivity index (χ1) is 9.46. The van der Waals surface area contributed by atoms with Crippen molar-refractivity contribution < 1.29 is 13.2 Å². The lowest BCUT2D eigenvalue weighted by atomic mass is 10.2. The first-order valence-corrected chi connectivity index (χ1v) is 8.27. The molecule has 0 bridgehead atoms. The number of rotatable bonds is 7. The first kappa shape index (κ1) is 15.3. The van der Waals surface area contributed by atoms with Crippen molar-refractivity contribution in [3.05, 3.63) is 24.3 Å². The Labute approximate surface area is 120 Å². The Kier molecular flexibility index (Phi) is 4.67. The zero-order valence-electron chi connectivity index (χ0n) is 12.0. The Morgan fingerprint density at radius 1 is 1.45 bits per heavy atom. The van der Waals surface area contributed by atoms with Crippen molar-refractivity contribution in [3.8, 4) is 0 Å². The molecule has 1 aliphatic carbocycles. The maximum Gasteiger partial charge on any atom is 0.243 e. The first-order valence-electron chi connectivity index (χ1n) is 6.83. The highest BCUT2D eigenvalue weighted by Gasteiger charge is 2.38. The molecule has 0 spiro atoms. The number of methoxy groups -OCH3 is 1. The van der Waals surface area contributed by atoms with E-state index in [1.807, 2.05) is 6.92 Å². The van der Waals surface area contributed by atoms with Crippen LogP contribution in [-0.4, -0.2) is 39.0 Å². The van der Waals surface area contributed by atoms with Gasteiger partial charge in [0.1, 0.15) is 0 Å². The molecule has 1 fully saturated rings. The second kappa shape index (κ2) is 6.11. The number of hydrogen-bond acceptors (Lipinski definition) is 4. The summed E-state index contributed by atoms with van der Waals surface area (Å²) >= 11 is 0. The summed E-state index contributed by atoms with van der Waals surface area (Å²) in [6, 6.07) is 6.44. The smallest absolute Gasteiger partial charge is 0.243 e. The van der Waals surface area contributed by atoms with Crippen LogP contribution in [0.5, 0.6) is 0 Å². The van der Waals surface area contributed by atoms with Crippen LogP contribution in [-0.2, 0) is 14.8 Å². The Morgan fingerprint density at radius 3 is 2.70 bits per heavy atom. The van der Waals surface area contributed by atoms with E-state index in [0.29, 0.717) is 24.8 Å². The number of anilines is 1.